The van der Waals surface area contributed by atoms with E-state index in [0.29, 0.717) is 35.3 Å². The Hall–Kier alpha value is -2.07. The number of halogens is 4. The van der Waals surface area contributed by atoms with E-state index in [1.54, 1.807) is 6.07 Å². The number of nitrogens with one attached hydrogen (secondary N) is 1. The first-order valence-corrected chi connectivity index (χ1v) is 7.81. The van der Waals surface area contributed by atoms with Gasteiger partial charge in [-0.15, -0.1) is 10.2 Å². The first-order chi connectivity index (χ1) is 11.3. The van der Waals surface area contributed by atoms with Gasteiger partial charge in [-0.1, -0.05) is 22.9 Å². The minimum atomic E-state index is -4.59. The van der Waals surface area contributed by atoms with Crippen LogP contribution in [0.2, 0.25) is 5.02 Å². The topological polar surface area (TPSA) is 73.3 Å². The Morgan fingerprint density at radius 3 is 2.75 bits per heavy atom. The van der Waals surface area contributed by atoms with Crippen LogP contribution >= 0.6 is 22.9 Å². The second-order valence-corrected chi connectivity index (χ2v) is 6.12. The lowest BCUT2D eigenvalue weighted by Gasteiger charge is -2.20. The number of ether oxygens (including phenoxy) is 2. The van der Waals surface area contributed by atoms with Crippen LogP contribution in [-0.2, 0) is 17.4 Å². The van der Waals surface area contributed by atoms with Crippen molar-refractivity contribution in [3.05, 3.63) is 27.7 Å². The van der Waals surface area contributed by atoms with Crippen molar-refractivity contribution >= 4 is 34.0 Å². The fourth-order valence-electron chi connectivity index (χ4n) is 2.00. The first kappa shape index (κ1) is 16.8. The molecule has 1 N–H and O–H groups in total. The summed E-state index contributed by atoms with van der Waals surface area (Å²) in [5, 5.41) is 7.51. The molecule has 3 rings (SSSR count). The molecule has 0 bridgehead atoms. The predicted molar refractivity (Wildman–Crippen MR) is 79.7 cm³/mol. The number of anilines is 1. The molecule has 11 heteroatoms. The van der Waals surface area contributed by atoms with E-state index in [9.17, 15) is 18.0 Å². The number of hydrogen-bond donors (Lipinski definition) is 1. The Labute approximate surface area is 142 Å². The number of benzene rings is 1. The van der Waals surface area contributed by atoms with Crippen LogP contribution < -0.4 is 14.8 Å². The van der Waals surface area contributed by atoms with Crippen LogP contribution in [0.15, 0.2) is 12.1 Å². The van der Waals surface area contributed by atoms with Crippen molar-refractivity contribution in [3.63, 3.8) is 0 Å². The van der Waals surface area contributed by atoms with Crippen molar-refractivity contribution < 1.29 is 27.4 Å². The molecule has 0 saturated carbocycles. The third kappa shape index (κ3) is 3.70. The summed E-state index contributed by atoms with van der Waals surface area (Å²) in [7, 11) is 0. The molecule has 1 aliphatic rings. The summed E-state index contributed by atoms with van der Waals surface area (Å²) in [4.78, 5) is 12.0. The molecule has 0 saturated heterocycles. The molecule has 2 aromatic rings. The highest BCUT2D eigenvalue weighted by atomic mass is 35.5. The van der Waals surface area contributed by atoms with Crippen LogP contribution in [0, 0.1) is 0 Å². The van der Waals surface area contributed by atoms with E-state index in [4.69, 9.17) is 21.1 Å². The number of nitrogens with zero attached hydrogens (tertiary/aromatic N) is 2. The van der Waals surface area contributed by atoms with E-state index >= 15 is 0 Å². The van der Waals surface area contributed by atoms with Crippen LogP contribution in [0.4, 0.5) is 18.3 Å². The number of aromatic nitrogens is 2. The molecule has 0 atom stereocenters. The van der Waals surface area contributed by atoms with Gasteiger partial charge in [-0.3, -0.25) is 4.79 Å². The molecule has 24 heavy (non-hydrogen) atoms. The van der Waals surface area contributed by atoms with Crippen LogP contribution in [0.5, 0.6) is 11.5 Å². The lowest BCUT2D eigenvalue weighted by Crippen LogP contribution is -2.17. The molecule has 0 radical (unpaired) electrons. The van der Waals surface area contributed by atoms with E-state index in [-0.39, 0.29) is 22.9 Å². The van der Waals surface area contributed by atoms with Crippen LogP contribution in [-0.4, -0.2) is 29.3 Å². The van der Waals surface area contributed by atoms with Gasteiger partial charge in [0.05, 0.1) is 11.4 Å². The lowest BCUT2D eigenvalue weighted by molar-refractivity contribution is -0.138. The van der Waals surface area contributed by atoms with E-state index in [2.05, 4.69) is 15.5 Å². The number of alkyl halides is 3. The minimum Gasteiger partial charge on any atom is -0.486 e. The largest absolute Gasteiger partial charge is 0.486 e. The monoisotopic (exact) mass is 379 g/mol. The van der Waals surface area contributed by atoms with Gasteiger partial charge >= 0.3 is 6.18 Å². The highest BCUT2D eigenvalue weighted by molar-refractivity contribution is 7.15. The van der Waals surface area contributed by atoms with Crippen LogP contribution in [0.1, 0.15) is 10.6 Å². The van der Waals surface area contributed by atoms with Crippen LogP contribution in [0.3, 0.4) is 0 Å². The summed E-state index contributed by atoms with van der Waals surface area (Å²) >= 11 is 6.32. The second kappa shape index (κ2) is 6.44. The highest BCUT2D eigenvalue weighted by Gasteiger charge is 2.35. The zero-order valence-corrected chi connectivity index (χ0v) is 13.4. The molecule has 2 heterocycles. The van der Waals surface area contributed by atoms with E-state index in [0.717, 1.165) is 0 Å². The molecule has 0 fully saturated rings. The second-order valence-electron chi connectivity index (χ2n) is 4.74. The zero-order valence-electron chi connectivity index (χ0n) is 11.8. The molecule has 1 aliphatic heterocycles. The molecule has 128 valence electrons. The third-order valence-corrected chi connectivity index (χ3v) is 4.10. The molecule has 0 unspecified atom stereocenters. The van der Waals surface area contributed by atoms with Crippen molar-refractivity contribution in [2.75, 3.05) is 18.5 Å². The smallest absolute Gasteiger partial charge is 0.445 e. The number of hydrogen-bond acceptors (Lipinski definition) is 6. The third-order valence-electron chi connectivity index (χ3n) is 2.94. The molecule has 6 nitrogen and oxygen atoms in total. The van der Waals surface area contributed by atoms with E-state index < -0.39 is 17.1 Å². The van der Waals surface area contributed by atoms with Crippen molar-refractivity contribution in [3.8, 4) is 11.5 Å². The maximum Gasteiger partial charge on any atom is 0.445 e. The number of amides is 1. The SMILES string of the molecule is O=C(Cc1cc(Cl)c2c(c1)OCCO2)Nc1nnc(C(F)(F)F)s1. The summed E-state index contributed by atoms with van der Waals surface area (Å²) in [5.41, 5.74) is 0.530. The number of carbonyl (C=O) groups is 1. The maximum atomic E-state index is 12.4. The van der Waals surface area contributed by atoms with Gasteiger partial charge in [0, 0.05) is 0 Å². The van der Waals surface area contributed by atoms with Crippen molar-refractivity contribution in [2.24, 2.45) is 0 Å². The summed E-state index contributed by atoms with van der Waals surface area (Å²) in [6, 6.07) is 3.14. The zero-order chi connectivity index (χ0) is 17.3. The molecule has 0 spiro atoms. The Morgan fingerprint density at radius 2 is 2.04 bits per heavy atom. The quantitative estimate of drug-likeness (QED) is 0.886. The van der Waals surface area contributed by atoms with Crippen molar-refractivity contribution in [1.82, 2.24) is 10.2 Å². The molecule has 1 aromatic carbocycles. The highest BCUT2D eigenvalue weighted by Crippen LogP contribution is 2.38. The molecule has 0 aliphatic carbocycles. The molecule has 1 aromatic heterocycles. The summed E-state index contributed by atoms with van der Waals surface area (Å²) in [5.74, 6) is 0.283. The normalized spacial score (nSPS) is 13.7. The Kier molecular flexibility index (Phi) is 4.50. The fraction of sp³-hybridized carbons (Fsp3) is 0.308. The number of rotatable bonds is 3. The van der Waals surface area contributed by atoms with Gasteiger partial charge in [0.2, 0.25) is 16.0 Å². The lowest BCUT2D eigenvalue weighted by atomic mass is 10.1. The van der Waals surface area contributed by atoms with Gasteiger partial charge in [0.15, 0.2) is 11.5 Å². The van der Waals surface area contributed by atoms with Crippen molar-refractivity contribution in [2.45, 2.75) is 12.6 Å². The summed E-state index contributed by atoms with van der Waals surface area (Å²) < 4.78 is 48.1. The summed E-state index contributed by atoms with van der Waals surface area (Å²) in [6.07, 6.45) is -4.71. The maximum absolute atomic E-state index is 12.4. The number of carbonyl (C=O) groups excluding carboxylic acids is 1. The Bertz CT molecular complexity index is 782. The van der Waals surface area contributed by atoms with Gasteiger partial charge in [-0.2, -0.15) is 13.2 Å². The summed E-state index contributed by atoms with van der Waals surface area (Å²) in [6.45, 7) is 0.745. The van der Waals surface area contributed by atoms with Gasteiger partial charge < -0.3 is 14.8 Å². The molecular weight excluding hydrogens is 371 g/mol. The van der Waals surface area contributed by atoms with Gasteiger partial charge in [-0.25, -0.2) is 0 Å². The predicted octanol–water partition coefficient (Wildman–Crippen LogP) is 3.16. The van der Waals surface area contributed by atoms with Gasteiger partial charge in [-0.05, 0) is 17.7 Å². The minimum absolute atomic E-state index is 0.114. The Balaban J connectivity index is 1.69. The fourth-order valence-corrected chi connectivity index (χ4v) is 2.92. The average Bonchev–Trinajstić information content (AvgIpc) is 2.95. The van der Waals surface area contributed by atoms with E-state index in [1.165, 1.54) is 6.07 Å². The number of fused-ring (bicyclic) bond motifs is 1. The van der Waals surface area contributed by atoms with Crippen LogP contribution in [0.25, 0.3) is 0 Å². The van der Waals surface area contributed by atoms with Gasteiger partial charge in [0.25, 0.3) is 0 Å². The molecule has 1 amide bonds. The van der Waals surface area contributed by atoms with Crippen molar-refractivity contribution in [1.29, 1.82) is 0 Å². The van der Waals surface area contributed by atoms with Gasteiger partial charge in [0.1, 0.15) is 13.2 Å². The Morgan fingerprint density at radius 1 is 1.29 bits per heavy atom. The first-order valence-electron chi connectivity index (χ1n) is 6.61. The standard InChI is InChI=1S/C13H9ClF3N3O3S/c14-7-3-6(4-8-10(7)23-2-1-22-8)5-9(21)18-12-20-19-11(24-12)13(15,16)17/h3-4H,1-2,5H2,(H,18,20,21). The van der Waals surface area contributed by atoms with E-state index in [1.807, 2.05) is 0 Å². The average molecular weight is 380 g/mol. The molecular formula is C13H9ClF3N3O3S.